The number of anilines is 1. The van der Waals surface area contributed by atoms with Crippen LogP contribution < -0.4 is 15.4 Å². The molecule has 0 bridgehead atoms. The molecule has 2 aliphatic rings. The van der Waals surface area contributed by atoms with E-state index < -0.39 is 81.1 Å². The zero-order valence-electron chi connectivity index (χ0n) is 27.5. The zero-order chi connectivity index (χ0) is 38.8. The number of aromatic nitrogens is 3. The van der Waals surface area contributed by atoms with Crippen LogP contribution in [-0.4, -0.2) is 59.7 Å². The van der Waals surface area contributed by atoms with Crippen LogP contribution >= 0.6 is 23.2 Å². The highest BCUT2D eigenvalue weighted by Crippen LogP contribution is 2.58. The number of fused-ring (bicyclic) bond motifs is 2. The Bertz CT molecular complexity index is 2300. The first kappa shape index (κ1) is 38.3. The van der Waals surface area contributed by atoms with Crippen LogP contribution in [0.15, 0.2) is 53.7 Å². The Balaban J connectivity index is 1.42. The maximum Gasteiger partial charge on any atom is 0.433 e. The van der Waals surface area contributed by atoms with Crippen molar-refractivity contribution < 1.29 is 43.9 Å². The first-order chi connectivity index (χ1) is 24.7. The Hall–Kier alpha value is -4.42. The van der Waals surface area contributed by atoms with Crippen molar-refractivity contribution in [3.63, 3.8) is 0 Å². The van der Waals surface area contributed by atoms with Gasteiger partial charge in [0, 0.05) is 35.7 Å². The molecule has 2 aliphatic carbocycles. The van der Waals surface area contributed by atoms with Crippen molar-refractivity contribution in [1.29, 1.82) is 5.41 Å². The second-order valence-electron chi connectivity index (χ2n) is 12.8. The summed E-state index contributed by atoms with van der Waals surface area (Å²) in [4.78, 5) is 17.9. The summed E-state index contributed by atoms with van der Waals surface area (Å²) in [6, 6.07) is 7.19. The third-order valence-electron chi connectivity index (χ3n) is 9.12. The summed E-state index contributed by atoms with van der Waals surface area (Å²) < 4.78 is 128. The lowest BCUT2D eigenvalue weighted by atomic mass is 9.71. The van der Waals surface area contributed by atoms with E-state index in [1.165, 1.54) is 29.9 Å². The summed E-state index contributed by atoms with van der Waals surface area (Å²) >= 11 is 12.8. The minimum atomic E-state index is -5.21. The van der Waals surface area contributed by atoms with Gasteiger partial charge in [0.25, 0.3) is 5.92 Å². The second-order valence-corrected chi connectivity index (χ2v) is 15.3. The summed E-state index contributed by atoms with van der Waals surface area (Å²) in [6.45, 7) is -0.976. The van der Waals surface area contributed by atoms with Crippen LogP contribution in [0.25, 0.3) is 22.0 Å². The summed E-state index contributed by atoms with van der Waals surface area (Å²) in [5.41, 5.74) is -3.08. The summed E-state index contributed by atoms with van der Waals surface area (Å²) in [5, 5.41) is 16.8. The highest BCUT2D eigenvalue weighted by molar-refractivity contribution is 7.92. The van der Waals surface area contributed by atoms with Crippen LogP contribution in [0.1, 0.15) is 30.1 Å². The number of pyridine rings is 1. The summed E-state index contributed by atoms with van der Waals surface area (Å²) in [7, 11) is -2.31. The Morgan fingerprint density at radius 3 is 2.34 bits per heavy atom. The topological polar surface area (TPSA) is 142 Å². The quantitative estimate of drug-likeness (QED) is 0.0725. The van der Waals surface area contributed by atoms with Crippen LogP contribution in [-0.2, 0) is 28.3 Å². The van der Waals surface area contributed by atoms with Crippen molar-refractivity contribution in [2.24, 2.45) is 18.9 Å². The van der Waals surface area contributed by atoms with Crippen LogP contribution in [0.5, 0.6) is 0 Å². The summed E-state index contributed by atoms with van der Waals surface area (Å²) in [6.07, 6.45) is -4.70. The molecule has 6 rings (SSSR count). The first-order valence-corrected chi connectivity index (χ1v) is 18.4. The number of halogens is 9. The van der Waals surface area contributed by atoms with Gasteiger partial charge in [0.15, 0.2) is 5.82 Å². The predicted molar refractivity (Wildman–Crippen MR) is 183 cm³/mol. The third kappa shape index (κ3) is 7.53. The molecule has 53 heavy (non-hydrogen) atoms. The van der Waals surface area contributed by atoms with Gasteiger partial charge in [-0.25, -0.2) is 22.2 Å². The van der Waals surface area contributed by atoms with Gasteiger partial charge in [-0.05, 0) is 61.1 Å². The third-order valence-corrected chi connectivity index (χ3v) is 10.2. The van der Waals surface area contributed by atoms with E-state index in [0.717, 1.165) is 18.4 Å². The molecule has 1 fully saturated rings. The average molecular weight is 807 g/mol. The number of rotatable bonds is 11. The van der Waals surface area contributed by atoms with Gasteiger partial charge in [0.05, 0.1) is 46.2 Å². The molecule has 1 amide bonds. The highest BCUT2D eigenvalue weighted by atomic mass is 35.5. The van der Waals surface area contributed by atoms with Crippen molar-refractivity contribution in [3.8, 4) is 11.1 Å². The molecule has 20 heteroatoms. The molecule has 2 aromatic heterocycles. The lowest BCUT2D eigenvalue weighted by molar-refractivity contribution is -0.121. The highest BCUT2D eigenvalue weighted by Gasteiger charge is 2.62. The molecule has 1 saturated carbocycles. The van der Waals surface area contributed by atoms with E-state index in [2.05, 4.69) is 25.4 Å². The maximum absolute atomic E-state index is 15.3. The van der Waals surface area contributed by atoms with Crippen LogP contribution in [0.4, 0.5) is 36.6 Å². The van der Waals surface area contributed by atoms with Gasteiger partial charge in [-0.15, -0.1) is 0 Å². The molecule has 2 aromatic carbocycles. The minimum Gasteiger partial charge on any atom is -0.374 e. The smallest absolute Gasteiger partial charge is 0.374 e. The van der Waals surface area contributed by atoms with E-state index in [4.69, 9.17) is 28.6 Å². The number of nitrogens with one attached hydrogen (secondary N) is 4. The number of amides is 1. The van der Waals surface area contributed by atoms with Gasteiger partial charge in [-0.1, -0.05) is 29.3 Å². The molecule has 0 unspecified atom stereocenters. The number of carbonyl (C=O) groups excluding carboxylic acids is 1. The Labute approximate surface area is 307 Å². The molecule has 4 aromatic rings. The predicted octanol–water partition coefficient (Wildman–Crippen LogP) is 7.09. The molecule has 10 nitrogen and oxygen atoms in total. The first-order valence-electron chi connectivity index (χ1n) is 15.7. The molecule has 0 aliphatic heterocycles. The Kier molecular flexibility index (Phi) is 9.95. The SMILES string of the molecule is Cn1nc(NS(C)(=O)=O)c2c(Cl)ccc(-c3ccc(Cl)nc3[C@H](Cc3cc(F)cc(F)c3)NC(=O)CNC3=C(C(=N)C(F)(F)F)[C@H]4CC[C@H]4C3(F)F)c21. The zero-order valence-corrected chi connectivity index (χ0v) is 29.8. The summed E-state index contributed by atoms with van der Waals surface area (Å²) in [5.74, 6) is -9.47. The van der Waals surface area contributed by atoms with E-state index in [9.17, 15) is 35.2 Å². The largest absolute Gasteiger partial charge is 0.433 e. The number of sulfonamides is 1. The number of carbonyl (C=O) groups is 1. The molecular formula is C33H28Cl2F7N7O3S. The van der Waals surface area contributed by atoms with Crippen LogP contribution in [0.2, 0.25) is 10.2 Å². The lowest BCUT2D eigenvalue weighted by Gasteiger charge is -2.35. The van der Waals surface area contributed by atoms with E-state index in [1.54, 1.807) is 6.07 Å². The van der Waals surface area contributed by atoms with E-state index >= 15 is 8.78 Å². The van der Waals surface area contributed by atoms with Gasteiger partial charge < -0.3 is 10.6 Å². The fourth-order valence-electron chi connectivity index (χ4n) is 6.89. The number of hydrogen-bond acceptors (Lipinski definition) is 7. The van der Waals surface area contributed by atoms with Crippen LogP contribution in [0, 0.1) is 28.9 Å². The van der Waals surface area contributed by atoms with Gasteiger partial charge in [-0.3, -0.25) is 19.6 Å². The van der Waals surface area contributed by atoms with Crippen molar-refractivity contribution in [1.82, 2.24) is 25.4 Å². The molecule has 2 heterocycles. The van der Waals surface area contributed by atoms with Gasteiger partial charge in [0.1, 0.15) is 22.5 Å². The average Bonchev–Trinajstić information content (AvgIpc) is 3.40. The number of hydrogen-bond donors (Lipinski definition) is 4. The van der Waals surface area contributed by atoms with Gasteiger partial charge in [0.2, 0.25) is 15.9 Å². The fraction of sp³-hybridized carbons (Fsp3) is 0.333. The normalized spacial score (nSPS) is 18.8. The van der Waals surface area contributed by atoms with Crippen LogP contribution in [0.3, 0.4) is 0 Å². The molecule has 4 N–H and O–H groups in total. The molecule has 282 valence electrons. The Morgan fingerprint density at radius 1 is 1.08 bits per heavy atom. The number of allylic oxidation sites excluding steroid dienone is 2. The molecular weight excluding hydrogens is 778 g/mol. The molecule has 0 saturated heterocycles. The van der Waals surface area contributed by atoms with Gasteiger partial charge in [-0.2, -0.15) is 27.1 Å². The monoisotopic (exact) mass is 805 g/mol. The lowest BCUT2D eigenvalue weighted by Crippen LogP contribution is -2.42. The van der Waals surface area contributed by atoms with E-state index in [1.807, 2.05) is 0 Å². The number of benzene rings is 2. The van der Waals surface area contributed by atoms with E-state index in [-0.39, 0.29) is 57.5 Å². The fourth-order valence-corrected chi connectivity index (χ4v) is 7.78. The van der Waals surface area contributed by atoms with Crippen molar-refractivity contribution in [2.45, 2.75) is 37.4 Å². The van der Waals surface area contributed by atoms with Crippen molar-refractivity contribution >= 4 is 61.6 Å². The van der Waals surface area contributed by atoms with Gasteiger partial charge >= 0.3 is 6.18 Å². The standard InChI is InChI=1S/C33H28Cl2F7N7O3S/c1-49-28-18(4-7-21(34)26(28)31(47-49)48-53(2,51)52)17-5-8-23(35)46-27(17)22(11-14-9-15(36)12-16(37)10-14)45-24(50)13-44-30-25(29(43)33(40,41)42)19-3-6-20(19)32(30,38)39/h4-5,7-10,12,19-20,22,43-44H,3,6,11,13H2,1-2H3,(H,45,50)(H,47,48)/t19-,20+,22-/m0/s1. The minimum absolute atomic E-state index is 0.000888. The number of nitrogens with zero attached hydrogens (tertiary/aromatic N) is 3. The molecule has 0 spiro atoms. The van der Waals surface area contributed by atoms with Crippen molar-refractivity contribution in [2.75, 3.05) is 17.5 Å². The maximum atomic E-state index is 15.3. The molecule has 0 radical (unpaired) electrons. The van der Waals surface area contributed by atoms with E-state index in [0.29, 0.717) is 17.1 Å². The number of alkyl halides is 5. The van der Waals surface area contributed by atoms with Crippen molar-refractivity contribution in [3.05, 3.63) is 86.8 Å². The molecule has 3 atom stereocenters. The number of aryl methyl sites for hydroxylation is 1. The Morgan fingerprint density at radius 2 is 1.74 bits per heavy atom. The second kappa shape index (κ2) is 13.8.